The third-order valence-electron chi connectivity index (χ3n) is 8.68. The average molecular weight is 524 g/mol. The maximum absolute atomic E-state index is 13.1. The molecule has 2 heterocycles. The summed E-state index contributed by atoms with van der Waals surface area (Å²) in [6.45, 7) is 7.47. The first-order valence-corrected chi connectivity index (χ1v) is 13.7. The van der Waals surface area contributed by atoms with Gasteiger partial charge < -0.3 is 30.1 Å². The summed E-state index contributed by atoms with van der Waals surface area (Å²) in [5, 5.41) is 27.8. The highest BCUT2D eigenvalue weighted by Gasteiger charge is 2.59. The van der Waals surface area contributed by atoms with Crippen LogP contribution in [0.15, 0.2) is 0 Å². The van der Waals surface area contributed by atoms with Crippen LogP contribution in [0.5, 0.6) is 0 Å². The van der Waals surface area contributed by atoms with E-state index in [9.17, 15) is 19.8 Å². The summed E-state index contributed by atoms with van der Waals surface area (Å²) in [5.74, 6) is -0.221. The summed E-state index contributed by atoms with van der Waals surface area (Å²) in [4.78, 5) is 35.5. The molecule has 0 spiro atoms. The first kappa shape index (κ1) is 27.3. The van der Waals surface area contributed by atoms with Crippen LogP contribution < -0.4 is 10.6 Å². The lowest BCUT2D eigenvalue weighted by atomic mass is 9.47. The van der Waals surface area contributed by atoms with Crippen molar-refractivity contribution in [3.63, 3.8) is 0 Å². The summed E-state index contributed by atoms with van der Waals surface area (Å²) in [6.07, 6.45) is 1.65. The summed E-state index contributed by atoms with van der Waals surface area (Å²) in [7, 11) is 3.94. The number of nitrogens with zero attached hydrogens (tertiary/aromatic N) is 3. The Morgan fingerprint density at radius 3 is 2.67 bits per heavy atom. The van der Waals surface area contributed by atoms with Crippen LogP contribution in [0, 0.1) is 16.7 Å². The Morgan fingerprint density at radius 1 is 1.28 bits per heavy atom. The van der Waals surface area contributed by atoms with Gasteiger partial charge in [-0.2, -0.15) is 0 Å². The number of ether oxygens (including phenoxy) is 1. The Hall–Kier alpha value is -1.79. The maximum Gasteiger partial charge on any atom is 0.323 e. The molecule has 0 bridgehead atoms. The first-order chi connectivity index (χ1) is 17.1. The predicted molar refractivity (Wildman–Crippen MR) is 138 cm³/mol. The third-order valence-corrected chi connectivity index (χ3v) is 9.69. The average Bonchev–Trinajstić information content (AvgIpc) is 3.25. The highest BCUT2D eigenvalue weighted by molar-refractivity contribution is 7.15. The van der Waals surface area contributed by atoms with Crippen molar-refractivity contribution in [1.82, 2.24) is 20.1 Å². The van der Waals surface area contributed by atoms with E-state index in [1.54, 1.807) is 4.90 Å². The minimum atomic E-state index is -0.675. The fourth-order valence-corrected chi connectivity index (χ4v) is 7.37. The van der Waals surface area contributed by atoms with E-state index < -0.39 is 11.5 Å². The lowest BCUT2D eigenvalue weighted by molar-refractivity contribution is -0.144. The smallest absolute Gasteiger partial charge is 0.323 e. The van der Waals surface area contributed by atoms with E-state index in [4.69, 9.17) is 9.72 Å². The van der Waals surface area contributed by atoms with E-state index in [0.717, 1.165) is 23.5 Å². The molecule has 11 heteroatoms. The van der Waals surface area contributed by atoms with Crippen LogP contribution in [0.25, 0.3) is 0 Å². The predicted octanol–water partition coefficient (Wildman–Crippen LogP) is 1.49. The minimum Gasteiger partial charge on any atom is -0.396 e. The van der Waals surface area contributed by atoms with Crippen molar-refractivity contribution in [2.45, 2.75) is 51.6 Å². The molecular formula is C25H41N5O5S. The van der Waals surface area contributed by atoms with Crippen LogP contribution >= 0.6 is 11.3 Å². The fraction of sp³-hybridized carbons (Fsp3) is 0.800. The number of fused-ring (bicyclic) bond motifs is 2. The Morgan fingerprint density at radius 2 is 2.00 bits per heavy atom. The molecular weight excluding hydrogens is 482 g/mol. The molecule has 36 heavy (non-hydrogen) atoms. The molecule has 3 amide bonds. The largest absolute Gasteiger partial charge is 0.396 e. The molecule has 4 rings (SSSR count). The van der Waals surface area contributed by atoms with Crippen molar-refractivity contribution in [2.24, 2.45) is 16.7 Å². The summed E-state index contributed by atoms with van der Waals surface area (Å²) in [5.41, 5.74) is -0.122. The van der Waals surface area contributed by atoms with Crippen molar-refractivity contribution in [1.29, 1.82) is 0 Å². The van der Waals surface area contributed by atoms with Gasteiger partial charge in [-0.3, -0.25) is 10.1 Å². The number of rotatable bonds is 7. The molecule has 4 N–H and O–H groups in total. The van der Waals surface area contributed by atoms with E-state index in [1.807, 2.05) is 25.9 Å². The number of urea groups is 1. The molecule has 10 nitrogen and oxygen atoms in total. The number of amides is 3. The molecule has 5 atom stereocenters. The summed E-state index contributed by atoms with van der Waals surface area (Å²) in [6, 6.07) is -0.193. The lowest BCUT2D eigenvalue weighted by Gasteiger charge is -2.58. The van der Waals surface area contributed by atoms with Crippen molar-refractivity contribution in [3.05, 3.63) is 10.6 Å². The second-order valence-electron chi connectivity index (χ2n) is 11.2. The number of carbonyl (C=O) groups excluding carboxylic acids is 2. The molecule has 1 aromatic heterocycles. The fourth-order valence-electron chi connectivity index (χ4n) is 6.31. The zero-order valence-electron chi connectivity index (χ0n) is 21.9. The highest BCUT2D eigenvalue weighted by atomic mass is 32.1. The summed E-state index contributed by atoms with van der Waals surface area (Å²) < 4.78 is 5.35. The number of aliphatic hydroxyl groups is 2. The number of hydrogen-bond donors (Lipinski definition) is 4. The lowest BCUT2D eigenvalue weighted by Crippen LogP contribution is -2.57. The number of aliphatic hydroxyl groups excluding tert-OH is 2. The normalized spacial score (nSPS) is 32.1. The van der Waals surface area contributed by atoms with Crippen LogP contribution in [0.4, 0.5) is 9.93 Å². The minimum absolute atomic E-state index is 0.0194. The highest BCUT2D eigenvalue weighted by Crippen LogP contribution is 2.62. The number of anilines is 1. The van der Waals surface area contributed by atoms with Crippen molar-refractivity contribution in [2.75, 3.05) is 65.4 Å². The number of morpholine rings is 1. The Balaban J connectivity index is 1.62. The summed E-state index contributed by atoms with van der Waals surface area (Å²) >= 11 is 1.44. The van der Waals surface area contributed by atoms with Gasteiger partial charge in [0.05, 0.1) is 31.6 Å². The Bertz CT molecular complexity index is 951. The van der Waals surface area contributed by atoms with E-state index in [0.29, 0.717) is 50.8 Å². The number of hydrogen-bond acceptors (Lipinski definition) is 8. The van der Waals surface area contributed by atoms with Gasteiger partial charge in [0.2, 0.25) is 5.91 Å². The van der Waals surface area contributed by atoms with Gasteiger partial charge in [-0.25, -0.2) is 9.78 Å². The Labute approximate surface area is 217 Å². The van der Waals surface area contributed by atoms with E-state index in [1.165, 1.54) is 11.3 Å². The number of thiazole rings is 1. The molecule has 1 saturated heterocycles. The molecule has 2 aliphatic carbocycles. The zero-order valence-corrected chi connectivity index (χ0v) is 22.7. The van der Waals surface area contributed by atoms with Gasteiger partial charge in [-0.05, 0) is 44.7 Å². The van der Waals surface area contributed by atoms with Crippen molar-refractivity contribution in [3.8, 4) is 0 Å². The molecule has 0 radical (unpaired) electrons. The molecule has 1 aromatic rings. The zero-order chi connectivity index (χ0) is 26.1. The van der Waals surface area contributed by atoms with E-state index >= 15 is 0 Å². The van der Waals surface area contributed by atoms with Crippen LogP contribution in [-0.2, 0) is 16.0 Å². The van der Waals surface area contributed by atoms with Crippen molar-refractivity contribution >= 4 is 28.4 Å². The standard InChI is InChI=1S/C25H41N5O5S/c1-24-6-5-19(32)25(2,15-31)18(24)14-17-21(16(24)13-20(33)26-7-8-29(3)4)27-22(36-17)28-23(34)30-9-11-35-12-10-30/h16,18-19,31-32H,5-15H2,1-4H3,(H,26,33)(H,27,28,34)/t16-,18+,19-,24+,25+/m1/s1. The maximum atomic E-state index is 13.1. The van der Waals surface area contributed by atoms with Crippen molar-refractivity contribution < 1.29 is 24.5 Å². The second kappa shape index (κ2) is 10.9. The molecule has 1 saturated carbocycles. The topological polar surface area (TPSA) is 127 Å². The molecule has 0 aromatic carbocycles. The van der Waals surface area contributed by atoms with Crippen LogP contribution in [-0.4, -0.2) is 103 Å². The second-order valence-corrected chi connectivity index (χ2v) is 12.3. The van der Waals surface area contributed by atoms with Gasteiger partial charge in [-0.1, -0.05) is 13.8 Å². The molecule has 1 aliphatic heterocycles. The quantitative estimate of drug-likeness (QED) is 0.426. The van der Waals surface area contributed by atoms with Gasteiger partial charge in [-0.15, -0.1) is 11.3 Å². The SMILES string of the molecule is CN(C)CCNC(=O)C[C@@H]1c2nc(NC(=O)N3CCOCC3)sc2C[C@@H]2[C@](C)(CO)[C@H](O)CC[C@]21C. The van der Waals surface area contributed by atoms with Gasteiger partial charge in [0, 0.05) is 48.8 Å². The van der Waals surface area contributed by atoms with Crippen LogP contribution in [0.3, 0.4) is 0 Å². The van der Waals surface area contributed by atoms with Crippen LogP contribution in [0.1, 0.15) is 49.6 Å². The van der Waals surface area contributed by atoms with Gasteiger partial charge in [0.1, 0.15) is 0 Å². The molecule has 0 unspecified atom stereocenters. The number of carbonyl (C=O) groups is 2. The van der Waals surface area contributed by atoms with Crippen LogP contribution in [0.2, 0.25) is 0 Å². The first-order valence-electron chi connectivity index (χ1n) is 12.9. The number of likely N-dealkylation sites (N-methyl/N-ethyl adjacent to an activating group) is 1. The number of aromatic nitrogens is 1. The van der Waals surface area contributed by atoms with E-state index in [2.05, 4.69) is 17.6 Å². The molecule has 202 valence electrons. The van der Waals surface area contributed by atoms with E-state index in [-0.39, 0.29) is 42.2 Å². The number of nitrogens with one attached hydrogen (secondary N) is 2. The third kappa shape index (κ3) is 5.26. The monoisotopic (exact) mass is 523 g/mol. The molecule has 2 fully saturated rings. The van der Waals surface area contributed by atoms with Gasteiger partial charge >= 0.3 is 6.03 Å². The van der Waals surface area contributed by atoms with Gasteiger partial charge in [0.15, 0.2) is 5.13 Å². The van der Waals surface area contributed by atoms with Gasteiger partial charge in [0.25, 0.3) is 0 Å². The Kier molecular flexibility index (Phi) is 8.25. The molecule has 3 aliphatic rings.